The van der Waals surface area contributed by atoms with Crippen molar-refractivity contribution in [1.29, 1.82) is 0 Å². The molecule has 9 nitrogen and oxygen atoms in total. The van der Waals surface area contributed by atoms with Crippen LogP contribution in [0.15, 0.2) is 20.7 Å². The van der Waals surface area contributed by atoms with E-state index < -0.39 is 37.6 Å². The molecule has 0 N–H and O–H groups in total. The number of fused-ring (bicyclic) bond motifs is 2. The molecule has 0 radical (unpaired) electrons. The van der Waals surface area contributed by atoms with Crippen molar-refractivity contribution >= 4 is 16.0 Å². The summed E-state index contributed by atoms with van der Waals surface area (Å²) in [6, 6.07) is -0.898. The van der Waals surface area contributed by atoms with Gasteiger partial charge in [-0.25, -0.2) is 13.2 Å². The maximum atomic E-state index is 13.4. The highest BCUT2D eigenvalue weighted by atomic mass is 32.2. The molecule has 0 aliphatic carbocycles. The van der Waals surface area contributed by atoms with Crippen molar-refractivity contribution in [3.63, 3.8) is 0 Å². The number of sulfonamides is 1. The number of hydrogen-bond donors (Lipinski definition) is 0. The van der Waals surface area contributed by atoms with Crippen LogP contribution in [0.2, 0.25) is 0 Å². The Kier molecular flexibility index (Phi) is 4.84. The van der Waals surface area contributed by atoms with Crippen LogP contribution in [-0.4, -0.2) is 46.5 Å². The van der Waals surface area contributed by atoms with Gasteiger partial charge in [0.05, 0.1) is 12.0 Å². The number of aromatic nitrogens is 2. The van der Waals surface area contributed by atoms with Gasteiger partial charge in [-0.3, -0.25) is 14.2 Å². The van der Waals surface area contributed by atoms with Crippen LogP contribution in [0.1, 0.15) is 39.5 Å². The maximum Gasteiger partial charge on any atom is 0.330 e. The van der Waals surface area contributed by atoms with Crippen molar-refractivity contribution in [3.8, 4) is 0 Å². The van der Waals surface area contributed by atoms with E-state index in [0.29, 0.717) is 25.7 Å². The predicted molar refractivity (Wildman–Crippen MR) is 96.7 cm³/mol. The van der Waals surface area contributed by atoms with Crippen LogP contribution in [0, 0.1) is 5.41 Å². The second kappa shape index (κ2) is 6.59. The summed E-state index contributed by atoms with van der Waals surface area (Å²) in [5.41, 5.74) is -2.35. The fraction of sp³-hybridized carbons (Fsp3) is 0.706. The zero-order valence-corrected chi connectivity index (χ0v) is 16.8. The molecule has 0 spiro atoms. The molecule has 0 unspecified atom stereocenters. The SMILES string of the molecule is CCOC(=O)[C@@]1(CC)C[C@H]2CC[C@@H]1N2S(=O)(=O)c1cn(C)c(=O)n(C)c1=O. The molecule has 1 aromatic rings. The highest BCUT2D eigenvalue weighted by molar-refractivity contribution is 7.89. The molecular formula is C17H25N3O6S. The van der Waals surface area contributed by atoms with Crippen molar-refractivity contribution in [2.24, 2.45) is 19.5 Å². The molecule has 0 amide bonds. The Labute approximate surface area is 157 Å². The number of aryl methyl sites for hydroxylation is 1. The Morgan fingerprint density at radius 2 is 1.93 bits per heavy atom. The number of esters is 1. The summed E-state index contributed by atoms with van der Waals surface area (Å²) >= 11 is 0. The van der Waals surface area contributed by atoms with Gasteiger partial charge < -0.3 is 9.30 Å². The summed E-state index contributed by atoms with van der Waals surface area (Å²) in [7, 11) is -1.52. The minimum atomic E-state index is -4.16. The molecule has 3 heterocycles. The smallest absolute Gasteiger partial charge is 0.330 e. The predicted octanol–water partition coefficient (Wildman–Crippen LogP) is -0.0311. The molecular weight excluding hydrogens is 374 g/mol. The van der Waals surface area contributed by atoms with Gasteiger partial charge >= 0.3 is 11.7 Å². The van der Waals surface area contributed by atoms with Gasteiger partial charge in [0.25, 0.3) is 15.6 Å². The Morgan fingerprint density at radius 1 is 1.26 bits per heavy atom. The largest absolute Gasteiger partial charge is 0.466 e. The van der Waals surface area contributed by atoms with Crippen LogP contribution in [0.5, 0.6) is 0 Å². The summed E-state index contributed by atoms with van der Waals surface area (Å²) in [6.07, 6.45) is 3.10. The number of hydrogen-bond acceptors (Lipinski definition) is 6. The summed E-state index contributed by atoms with van der Waals surface area (Å²) in [5, 5.41) is 0. The third kappa shape index (κ3) is 2.68. The number of ether oxygens (including phenoxy) is 1. The molecule has 2 fully saturated rings. The van der Waals surface area contributed by atoms with Crippen molar-refractivity contribution in [3.05, 3.63) is 27.0 Å². The molecule has 150 valence electrons. The van der Waals surface area contributed by atoms with E-state index in [1.165, 1.54) is 18.4 Å². The lowest BCUT2D eigenvalue weighted by atomic mass is 9.72. The van der Waals surface area contributed by atoms with Gasteiger partial charge in [-0.1, -0.05) is 6.92 Å². The zero-order valence-electron chi connectivity index (χ0n) is 16.0. The van der Waals surface area contributed by atoms with Gasteiger partial charge in [0, 0.05) is 32.4 Å². The van der Waals surface area contributed by atoms with E-state index in [0.717, 1.165) is 15.3 Å². The van der Waals surface area contributed by atoms with Gasteiger partial charge in [0.2, 0.25) is 0 Å². The fourth-order valence-electron chi connectivity index (χ4n) is 4.58. The van der Waals surface area contributed by atoms with Crippen LogP contribution in [0.3, 0.4) is 0 Å². The lowest BCUT2D eigenvalue weighted by Crippen LogP contribution is -2.47. The molecule has 0 aromatic carbocycles. The van der Waals surface area contributed by atoms with Gasteiger partial charge in [-0.05, 0) is 32.6 Å². The van der Waals surface area contributed by atoms with E-state index in [-0.39, 0.29) is 18.6 Å². The Morgan fingerprint density at radius 3 is 2.52 bits per heavy atom. The normalized spacial score (nSPS) is 27.9. The Hall–Kier alpha value is -1.94. The van der Waals surface area contributed by atoms with Crippen molar-refractivity contribution in [2.45, 2.75) is 56.5 Å². The molecule has 10 heteroatoms. The average Bonchev–Trinajstić information content (AvgIpc) is 3.20. The van der Waals surface area contributed by atoms with Crippen molar-refractivity contribution < 1.29 is 17.9 Å². The third-order valence-corrected chi connectivity index (χ3v) is 7.90. The highest BCUT2D eigenvalue weighted by Crippen LogP contribution is 2.54. The van der Waals surface area contributed by atoms with Crippen LogP contribution in [0.25, 0.3) is 0 Å². The lowest BCUT2D eigenvalue weighted by Gasteiger charge is -2.34. The summed E-state index contributed by atoms with van der Waals surface area (Å²) in [5.74, 6) is -0.381. The van der Waals surface area contributed by atoms with Gasteiger partial charge in [0.15, 0.2) is 4.90 Å². The highest BCUT2D eigenvalue weighted by Gasteiger charge is 2.63. The van der Waals surface area contributed by atoms with Crippen molar-refractivity contribution in [1.82, 2.24) is 13.4 Å². The molecule has 2 aliphatic rings. The fourth-order valence-corrected chi connectivity index (χ4v) is 6.67. The molecule has 1 aromatic heterocycles. The quantitative estimate of drug-likeness (QED) is 0.644. The summed E-state index contributed by atoms with van der Waals surface area (Å²) < 4.78 is 35.1. The van der Waals surface area contributed by atoms with E-state index in [1.54, 1.807) is 6.92 Å². The van der Waals surface area contributed by atoms with E-state index >= 15 is 0 Å². The van der Waals surface area contributed by atoms with E-state index in [2.05, 4.69) is 0 Å². The first kappa shape index (κ1) is 19.8. The monoisotopic (exact) mass is 399 g/mol. The molecule has 2 aliphatic heterocycles. The minimum Gasteiger partial charge on any atom is -0.466 e. The van der Waals surface area contributed by atoms with Crippen LogP contribution >= 0.6 is 0 Å². The second-order valence-electron chi connectivity index (χ2n) is 7.27. The van der Waals surface area contributed by atoms with Gasteiger partial charge in [-0.2, -0.15) is 4.31 Å². The van der Waals surface area contributed by atoms with E-state index in [4.69, 9.17) is 4.74 Å². The molecule has 3 rings (SSSR count). The Balaban J connectivity index is 2.11. The van der Waals surface area contributed by atoms with Crippen LogP contribution < -0.4 is 11.2 Å². The number of nitrogens with zero attached hydrogens (tertiary/aromatic N) is 3. The number of rotatable bonds is 5. The molecule has 27 heavy (non-hydrogen) atoms. The summed E-state index contributed by atoms with van der Waals surface area (Å²) in [6.45, 7) is 3.80. The van der Waals surface area contributed by atoms with Gasteiger partial charge in [0.1, 0.15) is 0 Å². The third-order valence-electron chi connectivity index (χ3n) is 5.96. The second-order valence-corrected chi connectivity index (χ2v) is 9.08. The van der Waals surface area contributed by atoms with E-state index in [1.807, 2.05) is 6.92 Å². The molecule has 3 atom stereocenters. The zero-order chi connectivity index (χ0) is 20.1. The lowest BCUT2D eigenvalue weighted by molar-refractivity contribution is -0.157. The maximum absolute atomic E-state index is 13.4. The Bertz CT molecular complexity index is 995. The first-order valence-electron chi connectivity index (χ1n) is 9.09. The molecule has 0 saturated carbocycles. The summed E-state index contributed by atoms with van der Waals surface area (Å²) in [4.78, 5) is 36.6. The molecule has 2 saturated heterocycles. The van der Waals surface area contributed by atoms with Crippen LogP contribution in [0.4, 0.5) is 0 Å². The van der Waals surface area contributed by atoms with Crippen LogP contribution in [-0.2, 0) is 33.7 Å². The minimum absolute atomic E-state index is 0.228. The van der Waals surface area contributed by atoms with Gasteiger partial charge in [-0.15, -0.1) is 0 Å². The van der Waals surface area contributed by atoms with Crippen molar-refractivity contribution in [2.75, 3.05) is 6.61 Å². The molecule has 2 bridgehead atoms. The first-order chi connectivity index (χ1) is 12.6. The average molecular weight is 399 g/mol. The standard InChI is InChI=1S/C17H25N3O6S/c1-5-17(15(22)26-6-2)9-11-7-8-13(17)20(11)27(24,25)12-10-18(3)16(23)19(4)14(12)21/h10-11,13H,5-9H2,1-4H3/t11-,13+,17+/m1/s1. The first-order valence-corrected chi connectivity index (χ1v) is 10.5. The topological polar surface area (TPSA) is 108 Å². The number of carbonyl (C=O) groups is 1. The number of carbonyl (C=O) groups excluding carboxylic acids is 1. The van der Waals surface area contributed by atoms with E-state index in [9.17, 15) is 22.8 Å².